The van der Waals surface area contributed by atoms with Crippen LogP contribution in [-0.4, -0.2) is 47.4 Å². The zero-order chi connectivity index (χ0) is 45.8. The summed E-state index contributed by atoms with van der Waals surface area (Å²) < 4.78 is 5.47. The van der Waals surface area contributed by atoms with Gasteiger partial charge in [-0.15, -0.1) is 0 Å². The van der Waals surface area contributed by atoms with Crippen LogP contribution in [-0.2, 0) is 14.3 Å². The van der Waals surface area contributed by atoms with Crippen molar-refractivity contribution in [1.82, 2.24) is 5.32 Å². The highest BCUT2D eigenvalue weighted by Gasteiger charge is 2.20. The van der Waals surface area contributed by atoms with Crippen molar-refractivity contribution >= 4 is 11.9 Å². The Balaban J connectivity index is 3.47. The van der Waals surface area contributed by atoms with Gasteiger partial charge in [-0.2, -0.15) is 0 Å². The number of aliphatic hydroxyl groups is 2. The van der Waals surface area contributed by atoms with Crippen LogP contribution < -0.4 is 5.32 Å². The summed E-state index contributed by atoms with van der Waals surface area (Å²) in [4.78, 5) is 24.5. The third-order valence-electron chi connectivity index (χ3n) is 13.3. The van der Waals surface area contributed by atoms with E-state index in [2.05, 4.69) is 31.3 Å². The number of aliphatic hydroxyl groups excluding tert-OH is 2. The summed E-state index contributed by atoms with van der Waals surface area (Å²) in [5.74, 6) is -0.0707. The number of ether oxygens (including phenoxy) is 1. The highest BCUT2D eigenvalue weighted by Crippen LogP contribution is 2.17. The van der Waals surface area contributed by atoms with Crippen LogP contribution in [0.15, 0.2) is 12.2 Å². The van der Waals surface area contributed by atoms with Gasteiger partial charge in [0, 0.05) is 12.8 Å². The highest BCUT2D eigenvalue weighted by atomic mass is 16.5. The van der Waals surface area contributed by atoms with Crippen molar-refractivity contribution in [1.29, 1.82) is 0 Å². The molecule has 0 saturated carbocycles. The molecule has 0 aliphatic carbocycles. The van der Waals surface area contributed by atoms with Crippen LogP contribution in [0.3, 0.4) is 0 Å². The Morgan fingerprint density at radius 2 is 0.746 bits per heavy atom. The second-order valence-corrected chi connectivity index (χ2v) is 19.6. The van der Waals surface area contributed by atoms with E-state index in [1.54, 1.807) is 0 Å². The standard InChI is InChI=1S/C57H111NO5/c1-3-5-7-9-11-13-15-17-19-21-22-25-29-33-37-41-45-49-55(60)54(53-59)58-56(61)50-46-42-38-34-30-26-24-28-32-36-40-44-48-52-63-57(62)51-47-43-39-35-31-27-23-20-18-16-14-12-10-8-6-4-2/h26,30,54-55,59-60H,3-25,27-29,31-53H2,1-2H3,(H,58,61)/b30-26-. The van der Waals surface area contributed by atoms with Gasteiger partial charge in [-0.25, -0.2) is 0 Å². The quantitative estimate of drug-likeness (QED) is 0.0321. The lowest BCUT2D eigenvalue weighted by Gasteiger charge is -2.22. The highest BCUT2D eigenvalue weighted by molar-refractivity contribution is 5.76. The predicted octanol–water partition coefficient (Wildman–Crippen LogP) is 17.3. The molecule has 0 radical (unpaired) electrons. The molecule has 0 aromatic heterocycles. The third-order valence-corrected chi connectivity index (χ3v) is 13.3. The van der Waals surface area contributed by atoms with Gasteiger partial charge in [-0.3, -0.25) is 9.59 Å². The number of hydrogen-bond donors (Lipinski definition) is 3. The molecule has 374 valence electrons. The van der Waals surface area contributed by atoms with Crippen molar-refractivity contribution in [2.75, 3.05) is 13.2 Å². The molecule has 0 fully saturated rings. The first kappa shape index (κ1) is 61.6. The molecule has 6 heteroatoms. The molecule has 0 aromatic rings. The molecular weight excluding hydrogens is 779 g/mol. The van der Waals surface area contributed by atoms with Gasteiger partial charge in [0.05, 0.1) is 25.4 Å². The monoisotopic (exact) mass is 890 g/mol. The van der Waals surface area contributed by atoms with E-state index in [9.17, 15) is 19.8 Å². The Bertz CT molecular complexity index is 939. The molecule has 63 heavy (non-hydrogen) atoms. The topological polar surface area (TPSA) is 95.9 Å². The van der Waals surface area contributed by atoms with E-state index < -0.39 is 12.1 Å². The zero-order valence-corrected chi connectivity index (χ0v) is 42.6. The summed E-state index contributed by atoms with van der Waals surface area (Å²) in [6.07, 6.45) is 61.9. The maximum atomic E-state index is 12.5. The van der Waals surface area contributed by atoms with Gasteiger partial charge < -0.3 is 20.3 Å². The number of carbonyl (C=O) groups is 2. The summed E-state index contributed by atoms with van der Waals surface area (Å²) in [6.45, 7) is 4.93. The molecule has 0 rings (SSSR count). The lowest BCUT2D eigenvalue weighted by Crippen LogP contribution is -2.45. The fraction of sp³-hybridized carbons (Fsp3) is 0.930. The Labute approximate surface area is 393 Å². The van der Waals surface area contributed by atoms with Gasteiger partial charge >= 0.3 is 5.97 Å². The number of hydrogen-bond acceptors (Lipinski definition) is 5. The van der Waals surface area contributed by atoms with Crippen molar-refractivity contribution in [3.05, 3.63) is 12.2 Å². The van der Waals surface area contributed by atoms with E-state index >= 15 is 0 Å². The molecule has 2 unspecified atom stereocenters. The summed E-state index contributed by atoms with van der Waals surface area (Å²) in [5, 5.41) is 23.3. The molecule has 0 saturated heterocycles. The van der Waals surface area contributed by atoms with Crippen molar-refractivity contribution in [2.24, 2.45) is 0 Å². The molecule has 0 spiro atoms. The summed E-state index contributed by atoms with van der Waals surface area (Å²) in [7, 11) is 0. The smallest absolute Gasteiger partial charge is 0.305 e. The Kier molecular flexibility index (Phi) is 52.0. The van der Waals surface area contributed by atoms with Gasteiger partial charge in [0.25, 0.3) is 0 Å². The molecule has 0 aromatic carbocycles. The maximum Gasteiger partial charge on any atom is 0.305 e. The number of unbranched alkanes of at least 4 members (excludes halogenated alkanes) is 40. The van der Waals surface area contributed by atoms with Crippen molar-refractivity contribution < 1.29 is 24.5 Å². The molecule has 0 aliphatic heterocycles. The third kappa shape index (κ3) is 49.9. The number of carbonyl (C=O) groups excluding carboxylic acids is 2. The minimum absolute atomic E-state index is 0.00844. The SMILES string of the molecule is CCCCCCCCCCCCCCCCCCCC(O)C(CO)NC(=O)CCCCC/C=C\CCCCCCCCOC(=O)CCCCCCCCCCCCCCCCCC. The summed E-state index contributed by atoms with van der Waals surface area (Å²) in [6, 6.07) is -0.561. The minimum atomic E-state index is -0.680. The van der Waals surface area contributed by atoms with Crippen LogP contribution in [0.2, 0.25) is 0 Å². The largest absolute Gasteiger partial charge is 0.466 e. The first-order chi connectivity index (χ1) is 31.0. The van der Waals surface area contributed by atoms with Gasteiger partial charge in [-0.05, 0) is 51.4 Å². The second kappa shape index (κ2) is 53.2. The lowest BCUT2D eigenvalue weighted by molar-refractivity contribution is -0.143. The molecule has 6 nitrogen and oxygen atoms in total. The fourth-order valence-electron chi connectivity index (χ4n) is 8.93. The average molecular weight is 891 g/mol. The molecule has 1 amide bonds. The Hall–Kier alpha value is -1.40. The number of amides is 1. The fourth-order valence-corrected chi connectivity index (χ4v) is 8.93. The molecule has 0 heterocycles. The van der Waals surface area contributed by atoms with Crippen molar-refractivity contribution in [2.45, 2.75) is 328 Å². The lowest BCUT2D eigenvalue weighted by atomic mass is 10.0. The summed E-state index contributed by atoms with van der Waals surface area (Å²) in [5.41, 5.74) is 0. The van der Waals surface area contributed by atoms with E-state index in [1.165, 1.54) is 212 Å². The molecule has 0 aliphatic rings. The van der Waals surface area contributed by atoms with Crippen LogP contribution in [0.1, 0.15) is 316 Å². The van der Waals surface area contributed by atoms with E-state index in [0.29, 0.717) is 25.9 Å². The average Bonchev–Trinajstić information content (AvgIpc) is 3.28. The predicted molar refractivity (Wildman–Crippen MR) is 273 cm³/mol. The minimum Gasteiger partial charge on any atom is -0.466 e. The molecule has 3 N–H and O–H groups in total. The molecule has 2 atom stereocenters. The van der Waals surface area contributed by atoms with Crippen molar-refractivity contribution in [3.8, 4) is 0 Å². The number of rotatable bonds is 53. The van der Waals surface area contributed by atoms with Gasteiger partial charge in [-0.1, -0.05) is 264 Å². The van der Waals surface area contributed by atoms with E-state index in [4.69, 9.17) is 4.74 Å². The Morgan fingerprint density at radius 1 is 0.429 bits per heavy atom. The first-order valence-electron chi connectivity index (χ1n) is 28.4. The van der Waals surface area contributed by atoms with E-state index in [-0.39, 0.29) is 18.5 Å². The van der Waals surface area contributed by atoms with Crippen LogP contribution in [0.5, 0.6) is 0 Å². The number of nitrogens with one attached hydrogen (secondary N) is 1. The zero-order valence-electron chi connectivity index (χ0n) is 42.6. The molecular formula is C57H111NO5. The van der Waals surface area contributed by atoms with Crippen LogP contribution in [0.25, 0.3) is 0 Å². The normalized spacial score (nSPS) is 12.6. The second-order valence-electron chi connectivity index (χ2n) is 19.6. The Morgan fingerprint density at radius 3 is 1.14 bits per heavy atom. The number of esters is 1. The summed E-state index contributed by atoms with van der Waals surface area (Å²) >= 11 is 0. The van der Waals surface area contributed by atoms with Crippen LogP contribution in [0, 0.1) is 0 Å². The van der Waals surface area contributed by atoms with Crippen LogP contribution in [0.4, 0.5) is 0 Å². The van der Waals surface area contributed by atoms with Gasteiger partial charge in [0.1, 0.15) is 0 Å². The van der Waals surface area contributed by atoms with Gasteiger partial charge in [0.15, 0.2) is 0 Å². The first-order valence-corrected chi connectivity index (χ1v) is 28.4. The number of allylic oxidation sites excluding steroid dienone is 2. The van der Waals surface area contributed by atoms with E-state index in [1.807, 2.05) is 0 Å². The van der Waals surface area contributed by atoms with Gasteiger partial charge in [0.2, 0.25) is 5.91 Å². The van der Waals surface area contributed by atoms with Crippen molar-refractivity contribution in [3.63, 3.8) is 0 Å². The van der Waals surface area contributed by atoms with E-state index in [0.717, 1.165) is 70.6 Å². The maximum absolute atomic E-state index is 12.5. The molecule has 0 bridgehead atoms. The van der Waals surface area contributed by atoms with Crippen LogP contribution >= 0.6 is 0 Å².